The molecule has 1 fully saturated rings. The van der Waals surface area contributed by atoms with Crippen molar-refractivity contribution in [2.75, 3.05) is 13.1 Å². The number of amides is 2. The average Bonchev–Trinajstić information content (AvgIpc) is 2.55. The van der Waals surface area contributed by atoms with Crippen LogP contribution in [0.1, 0.15) is 51.4 Å². The van der Waals surface area contributed by atoms with E-state index < -0.39 is 0 Å². The van der Waals surface area contributed by atoms with Gasteiger partial charge >= 0.3 is 0 Å². The van der Waals surface area contributed by atoms with Gasteiger partial charge in [0.2, 0.25) is 11.8 Å². The molecule has 0 radical (unpaired) electrons. The van der Waals surface area contributed by atoms with Gasteiger partial charge < -0.3 is 16.4 Å². The van der Waals surface area contributed by atoms with Crippen LogP contribution in [0.15, 0.2) is 0 Å². The van der Waals surface area contributed by atoms with Gasteiger partial charge in [0.15, 0.2) is 0 Å². The Morgan fingerprint density at radius 2 is 2.00 bits per heavy atom. The Morgan fingerprint density at radius 1 is 1.22 bits per heavy atom. The number of carbonyl (C=O) groups excluding carboxylic acids is 3. The number of carbonyl (C=O) groups is 3. The second kappa shape index (κ2) is 10.8. The van der Waals surface area contributed by atoms with E-state index in [0.29, 0.717) is 51.6 Å². The van der Waals surface area contributed by atoms with Crippen LogP contribution in [0.3, 0.4) is 0 Å². The van der Waals surface area contributed by atoms with Crippen molar-refractivity contribution in [3.05, 3.63) is 0 Å². The number of unbranched alkanes of at least 4 members (excludes halogenated alkanes) is 2. The third-order valence-corrected chi connectivity index (χ3v) is 4.09. The Labute approximate surface area is 137 Å². The molecule has 1 rings (SSSR count). The summed E-state index contributed by atoms with van der Waals surface area (Å²) in [6, 6.07) is -0.291. The molecule has 0 aromatic rings. The summed E-state index contributed by atoms with van der Waals surface area (Å²) in [5.41, 5.74) is 5.31. The summed E-state index contributed by atoms with van der Waals surface area (Å²) >= 11 is 0. The normalized spacial score (nSPS) is 20.5. The fourth-order valence-corrected chi connectivity index (χ4v) is 2.69. The number of nitrogens with two attached hydrogens (primary N) is 1. The van der Waals surface area contributed by atoms with Crippen LogP contribution < -0.4 is 16.4 Å². The maximum atomic E-state index is 12.1. The molecule has 1 saturated heterocycles. The number of terminal acetylenes is 1. The lowest BCUT2D eigenvalue weighted by Crippen LogP contribution is -2.46. The summed E-state index contributed by atoms with van der Waals surface area (Å²) < 4.78 is 0. The van der Waals surface area contributed by atoms with Gasteiger partial charge in [0, 0.05) is 31.7 Å². The highest BCUT2D eigenvalue weighted by Gasteiger charge is 2.29. The number of piperidine rings is 1. The van der Waals surface area contributed by atoms with Crippen molar-refractivity contribution in [3.63, 3.8) is 0 Å². The first kappa shape index (κ1) is 19.2. The van der Waals surface area contributed by atoms with Gasteiger partial charge in [0.05, 0.1) is 6.04 Å². The van der Waals surface area contributed by atoms with E-state index in [-0.39, 0.29) is 29.6 Å². The predicted octanol–water partition coefficient (Wildman–Crippen LogP) is 0.499. The summed E-state index contributed by atoms with van der Waals surface area (Å²) in [7, 11) is 0. The van der Waals surface area contributed by atoms with E-state index in [1.54, 1.807) is 0 Å². The lowest BCUT2D eigenvalue weighted by atomic mass is 9.89. The van der Waals surface area contributed by atoms with Gasteiger partial charge in [-0.25, -0.2) is 0 Å². The molecule has 6 nitrogen and oxygen atoms in total. The molecule has 2 atom stereocenters. The van der Waals surface area contributed by atoms with Crippen molar-refractivity contribution < 1.29 is 14.4 Å². The zero-order valence-electron chi connectivity index (χ0n) is 13.6. The maximum Gasteiger partial charge on any atom is 0.220 e. The molecule has 1 aliphatic heterocycles. The quantitative estimate of drug-likeness (QED) is 0.403. The predicted molar refractivity (Wildman–Crippen MR) is 88.3 cm³/mol. The molecular formula is C17H27N3O3. The number of hydrogen-bond donors (Lipinski definition) is 3. The Hall–Kier alpha value is -1.87. The summed E-state index contributed by atoms with van der Waals surface area (Å²) in [5, 5.41) is 5.94. The van der Waals surface area contributed by atoms with Crippen LogP contribution in [0.25, 0.3) is 0 Å². The van der Waals surface area contributed by atoms with Crippen LogP contribution in [0.5, 0.6) is 0 Å². The molecule has 6 heteroatoms. The minimum absolute atomic E-state index is 0.000876. The average molecular weight is 321 g/mol. The van der Waals surface area contributed by atoms with Gasteiger partial charge in [-0.3, -0.25) is 14.4 Å². The van der Waals surface area contributed by atoms with E-state index in [9.17, 15) is 14.4 Å². The van der Waals surface area contributed by atoms with Gasteiger partial charge in [-0.2, -0.15) is 0 Å². The minimum atomic E-state index is -0.332. The zero-order chi connectivity index (χ0) is 17.1. The molecule has 0 saturated carbocycles. The van der Waals surface area contributed by atoms with Gasteiger partial charge in [0.1, 0.15) is 5.78 Å². The van der Waals surface area contributed by atoms with Crippen molar-refractivity contribution in [1.29, 1.82) is 0 Å². The molecule has 2 amide bonds. The number of Topliss-reactive ketones (excluding diaryl/α,β-unsaturated/α-hetero) is 1. The molecule has 0 bridgehead atoms. The van der Waals surface area contributed by atoms with Crippen molar-refractivity contribution in [1.82, 2.24) is 10.6 Å². The lowest BCUT2D eigenvalue weighted by Gasteiger charge is -2.27. The van der Waals surface area contributed by atoms with Crippen LogP contribution in [0, 0.1) is 18.3 Å². The third-order valence-electron chi connectivity index (χ3n) is 4.09. The fourth-order valence-electron chi connectivity index (χ4n) is 2.69. The summed E-state index contributed by atoms with van der Waals surface area (Å²) in [4.78, 5) is 34.9. The Bertz CT molecular complexity index is 456. The van der Waals surface area contributed by atoms with E-state index in [0.717, 1.165) is 12.8 Å². The van der Waals surface area contributed by atoms with Crippen LogP contribution >= 0.6 is 0 Å². The van der Waals surface area contributed by atoms with Gasteiger partial charge in [0.25, 0.3) is 0 Å². The van der Waals surface area contributed by atoms with Crippen molar-refractivity contribution >= 4 is 17.6 Å². The molecule has 0 aromatic heterocycles. The first-order valence-electron chi connectivity index (χ1n) is 8.30. The summed E-state index contributed by atoms with van der Waals surface area (Å²) in [5.74, 6) is 2.08. The molecular weight excluding hydrogens is 294 g/mol. The number of hydrogen-bond acceptors (Lipinski definition) is 4. The summed E-state index contributed by atoms with van der Waals surface area (Å²) in [6.07, 6.45) is 10.1. The topological polar surface area (TPSA) is 101 Å². The van der Waals surface area contributed by atoms with Crippen molar-refractivity contribution in [2.45, 2.75) is 57.4 Å². The zero-order valence-corrected chi connectivity index (χ0v) is 13.6. The molecule has 23 heavy (non-hydrogen) atoms. The van der Waals surface area contributed by atoms with E-state index in [4.69, 9.17) is 12.2 Å². The molecule has 4 N–H and O–H groups in total. The number of ketones is 1. The number of nitrogens with one attached hydrogen (secondary N) is 2. The molecule has 0 aromatic carbocycles. The van der Waals surface area contributed by atoms with E-state index >= 15 is 0 Å². The van der Waals surface area contributed by atoms with E-state index in [1.807, 2.05) is 0 Å². The Morgan fingerprint density at radius 3 is 2.70 bits per heavy atom. The minimum Gasteiger partial charge on any atom is -0.369 e. The fraction of sp³-hybridized carbons (Fsp3) is 0.706. The van der Waals surface area contributed by atoms with E-state index in [1.165, 1.54) is 0 Å². The smallest absolute Gasteiger partial charge is 0.220 e. The number of primary amides is 1. The van der Waals surface area contributed by atoms with Crippen molar-refractivity contribution in [2.24, 2.45) is 11.7 Å². The van der Waals surface area contributed by atoms with Crippen LogP contribution in [-0.4, -0.2) is 36.7 Å². The van der Waals surface area contributed by atoms with Gasteiger partial charge in [-0.1, -0.05) is 0 Å². The molecule has 0 aliphatic carbocycles. The van der Waals surface area contributed by atoms with Gasteiger partial charge in [-0.05, 0) is 38.6 Å². The Balaban J connectivity index is 2.13. The van der Waals surface area contributed by atoms with Crippen LogP contribution in [-0.2, 0) is 14.4 Å². The number of rotatable bonds is 10. The second-order valence-electron chi connectivity index (χ2n) is 5.96. The highest BCUT2D eigenvalue weighted by Crippen LogP contribution is 2.17. The van der Waals surface area contributed by atoms with Crippen molar-refractivity contribution in [3.8, 4) is 12.3 Å². The highest BCUT2D eigenvalue weighted by atomic mass is 16.2. The second-order valence-corrected chi connectivity index (χ2v) is 5.96. The molecule has 1 aliphatic rings. The lowest BCUT2D eigenvalue weighted by molar-refractivity contribution is -0.126. The SMILES string of the molecule is C#CCCCCC(=O)NCCCC(=O)C1CC(C(N)=O)CCN1. The molecule has 128 valence electrons. The first-order chi connectivity index (χ1) is 11.0. The Kier molecular flexibility index (Phi) is 9.00. The van der Waals surface area contributed by atoms with Gasteiger partial charge in [-0.15, -0.1) is 12.3 Å². The molecule has 2 unspecified atom stereocenters. The maximum absolute atomic E-state index is 12.1. The monoisotopic (exact) mass is 321 g/mol. The van der Waals surface area contributed by atoms with Crippen LogP contribution in [0.4, 0.5) is 0 Å². The highest BCUT2D eigenvalue weighted by molar-refractivity contribution is 5.85. The third kappa shape index (κ3) is 7.80. The standard InChI is InChI=1S/C17H27N3O3/c1-2-3-4-5-8-16(22)20-10-6-7-15(21)14-12-13(17(18)23)9-11-19-14/h1,13-14,19H,3-12H2,(H2,18,23)(H,20,22). The molecule has 0 spiro atoms. The van der Waals surface area contributed by atoms with Crippen LogP contribution in [0.2, 0.25) is 0 Å². The molecule has 1 heterocycles. The van der Waals surface area contributed by atoms with E-state index in [2.05, 4.69) is 16.6 Å². The first-order valence-corrected chi connectivity index (χ1v) is 8.30. The summed E-state index contributed by atoms with van der Waals surface area (Å²) in [6.45, 7) is 1.13. The largest absolute Gasteiger partial charge is 0.369 e.